The second kappa shape index (κ2) is 4.15. The fourth-order valence-electron chi connectivity index (χ4n) is 2.36. The van der Waals surface area contributed by atoms with Gasteiger partial charge in [0.15, 0.2) is 5.78 Å². The van der Waals surface area contributed by atoms with Crippen molar-refractivity contribution in [1.82, 2.24) is 4.90 Å². The normalized spacial score (nSPS) is 21.9. The summed E-state index contributed by atoms with van der Waals surface area (Å²) in [5.41, 5.74) is 2.13. The van der Waals surface area contributed by atoms with Crippen molar-refractivity contribution in [3.63, 3.8) is 0 Å². The van der Waals surface area contributed by atoms with Gasteiger partial charge < -0.3 is 4.90 Å². The molecule has 1 saturated heterocycles. The highest BCUT2D eigenvalue weighted by molar-refractivity contribution is 5.95. The van der Waals surface area contributed by atoms with Crippen molar-refractivity contribution in [2.45, 2.75) is 19.3 Å². The van der Waals surface area contributed by atoms with E-state index < -0.39 is 0 Å². The SMILES string of the molecule is CC(=O)c1ccccc1C1CCN(C)C1. The van der Waals surface area contributed by atoms with Crippen LogP contribution in [0.25, 0.3) is 0 Å². The zero-order chi connectivity index (χ0) is 10.8. The molecule has 0 radical (unpaired) electrons. The van der Waals surface area contributed by atoms with Crippen LogP contribution in [-0.4, -0.2) is 30.8 Å². The van der Waals surface area contributed by atoms with Gasteiger partial charge in [-0.3, -0.25) is 4.79 Å². The first kappa shape index (κ1) is 10.4. The largest absolute Gasteiger partial charge is 0.306 e. The zero-order valence-electron chi connectivity index (χ0n) is 9.36. The van der Waals surface area contributed by atoms with Gasteiger partial charge >= 0.3 is 0 Å². The van der Waals surface area contributed by atoms with Crippen LogP contribution >= 0.6 is 0 Å². The summed E-state index contributed by atoms with van der Waals surface area (Å²) in [5.74, 6) is 0.718. The van der Waals surface area contributed by atoms with Crippen LogP contribution in [0, 0.1) is 0 Å². The molecular weight excluding hydrogens is 186 g/mol. The van der Waals surface area contributed by atoms with Crippen LogP contribution in [0.5, 0.6) is 0 Å². The molecule has 1 heterocycles. The summed E-state index contributed by atoms with van der Waals surface area (Å²) in [5, 5.41) is 0. The van der Waals surface area contributed by atoms with Crippen LogP contribution in [0.4, 0.5) is 0 Å². The predicted octanol–water partition coefficient (Wildman–Crippen LogP) is 2.31. The van der Waals surface area contributed by atoms with E-state index in [-0.39, 0.29) is 5.78 Å². The summed E-state index contributed by atoms with van der Waals surface area (Å²) in [7, 11) is 2.14. The maximum atomic E-state index is 11.5. The molecule has 15 heavy (non-hydrogen) atoms. The van der Waals surface area contributed by atoms with Crippen molar-refractivity contribution in [2.24, 2.45) is 0 Å². The van der Waals surface area contributed by atoms with Crippen LogP contribution in [-0.2, 0) is 0 Å². The first-order valence-corrected chi connectivity index (χ1v) is 5.47. The molecule has 1 aromatic carbocycles. The number of carbonyl (C=O) groups excluding carboxylic acids is 1. The summed E-state index contributed by atoms with van der Waals surface area (Å²) < 4.78 is 0. The number of Topliss-reactive ketones (excluding diaryl/α,β-unsaturated/α-hetero) is 1. The van der Waals surface area contributed by atoms with Gasteiger partial charge in [0.05, 0.1) is 0 Å². The topological polar surface area (TPSA) is 20.3 Å². The maximum absolute atomic E-state index is 11.5. The van der Waals surface area contributed by atoms with Crippen molar-refractivity contribution in [1.29, 1.82) is 0 Å². The van der Waals surface area contributed by atoms with E-state index in [1.807, 2.05) is 18.2 Å². The second-order valence-electron chi connectivity index (χ2n) is 4.39. The third-order valence-electron chi connectivity index (χ3n) is 3.17. The molecule has 0 amide bonds. The van der Waals surface area contributed by atoms with E-state index in [1.54, 1.807) is 6.92 Å². The molecule has 2 nitrogen and oxygen atoms in total. The van der Waals surface area contributed by atoms with Crippen molar-refractivity contribution < 1.29 is 4.79 Å². The second-order valence-corrected chi connectivity index (χ2v) is 4.39. The van der Waals surface area contributed by atoms with Crippen LogP contribution in [0.3, 0.4) is 0 Å². The first-order chi connectivity index (χ1) is 7.18. The Morgan fingerprint density at radius 1 is 1.40 bits per heavy atom. The first-order valence-electron chi connectivity index (χ1n) is 5.47. The van der Waals surface area contributed by atoms with Gasteiger partial charge in [-0.2, -0.15) is 0 Å². The molecule has 2 heteroatoms. The Kier molecular flexibility index (Phi) is 2.87. The molecule has 80 valence electrons. The standard InChI is InChI=1S/C13H17NO/c1-10(15)12-5-3-4-6-13(12)11-7-8-14(2)9-11/h3-6,11H,7-9H2,1-2H3. The summed E-state index contributed by atoms with van der Waals surface area (Å²) in [6.07, 6.45) is 1.17. The third-order valence-corrected chi connectivity index (χ3v) is 3.17. The van der Waals surface area contributed by atoms with E-state index in [0.29, 0.717) is 5.92 Å². The highest BCUT2D eigenvalue weighted by Crippen LogP contribution is 2.28. The van der Waals surface area contributed by atoms with Gasteiger partial charge in [0.2, 0.25) is 0 Å². The van der Waals surface area contributed by atoms with Crippen molar-refractivity contribution in [3.05, 3.63) is 35.4 Å². The monoisotopic (exact) mass is 203 g/mol. The zero-order valence-corrected chi connectivity index (χ0v) is 9.36. The number of ketones is 1. The molecule has 1 unspecified atom stereocenters. The summed E-state index contributed by atoms with van der Waals surface area (Å²) in [6.45, 7) is 3.86. The fraction of sp³-hybridized carbons (Fsp3) is 0.462. The van der Waals surface area contributed by atoms with Crippen molar-refractivity contribution in [3.8, 4) is 0 Å². The van der Waals surface area contributed by atoms with E-state index >= 15 is 0 Å². The van der Waals surface area contributed by atoms with Gasteiger partial charge in [-0.1, -0.05) is 24.3 Å². The number of rotatable bonds is 2. The lowest BCUT2D eigenvalue weighted by atomic mass is 9.92. The molecule has 1 aliphatic heterocycles. The molecule has 0 aliphatic carbocycles. The Morgan fingerprint density at radius 2 is 2.13 bits per heavy atom. The molecule has 2 rings (SSSR count). The number of nitrogens with zero attached hydrogens (tertiary/aromatic N) is 1. The fourth-order valence-corrected chi connectivity index (χ4v) is 2.36. The van der Waals surface area contributed by atoms with E-state index in [9.17, 15) is 4.79 Å². The minimum absolute atomic E-state index is 0.181. The Hall–Kier alpha value is -1.15. The molecule has 1 atom stereocenters. The van der Waals surface area contributed by atoms with Crippen LogP contribution in [0.1, 0.15) is 35.2 Å². The molecule has 0 spiro atoms. The number of hydrogen-bond acceptors (Lipinski definition) is 2. The van der Waals surface area contributed by atoms with Gasteiger partial charge in [0, 0.05) is 12.1 Å². The highest BCUT2D eigenvalue weighted by Gasteiger charge is 2.23. The van der Waals surface area contributed by atoms with E-state index in [0.717, 1.165) is 18.7 Å². The van der Waals surface area contributed by atoms with Gasteiger partial charge in [-0.15, -0.1) is 0 Å². The third kappa shape index (κ3) is 2.10. The number of likely N-dealkylation sites (tertiary alicyclic amines) is 1. The molecule has 1 aromatic rings. The van der Waals surface area contributed by atoms with Gasteiger partial charge in [-0.05, 0) is 38.4 Å². The smallest absolute Gasteiger partial charge is 0.160 e. The average Bonchev–Trinajstić information content (AvgIpc) is 2.65. The number of carbonyl (C=O) groups is 1. The lowest BCUT2D eigenvalue weighted by Gasteiger charge is -2.13. The van der Waals surface area contributed by atoms with Crippen molar-refractivity contribution in [2.75, 3.05) is 20.1 Å². The predicted molar refractivity (Wildman–Crippen MR) is 61.3 cm³/mol. The minimum Gasteiger partial charge on any atom is -0.306 e. The Morgan fingerprint density at radius 3 is 2.73 bits per heavy atom. The van der Waals surface area contributed by atoms with Crippen LogP contribution in [0.15, 0.2) is 24.3 Å². The maximum Gasteiger partial charge on any atom is 0.160 e. The number of likely N-dealkylation sites (N-methyl/N-ethyl adjacent to an activating group) is 1. The Balaban J connectivity index is 2.31. The molecular formula is C13H17NO. The van der Waals surface area contributed by atoms with Gasteiger partial charge in [0.1, 0.15) is 0 Å². The lowest BCUT2D eigenvalue weighted by molar-refractivity contribution is 0.101. The van der Waals surface area contributed by atoms with Crippen LogP contribution in [0.2, 0.25) is 0 Å². The molecule has 0 N–H and O–H groups in total. The van der Waals surface area contributed by atoms with Crippen molar-refractivity contribution >= 4 is 5.78 Å². The summed E-state index contributed by atoms with van der Waals surface area (Å²) in [6, 6.07) is 8.01. The van der Waals surface area contributed by atoms with E-state index in [1.165, 1.54) is 12.0 Å². The Labute approximate surface area is 90.9 Å². The van der Waals surface area contributed by atoms with Gasteiger partial charge in [-0.25, -0.2) is 0 Å². The quantitative estimate of drug-likeness (QED) is 0.687. The Bertz CT molecular complexity index is 373. The molecule has 0 saturated carbocycles. The summed E-state index contributed by atoms with van der Waals surface area (Å²) >= 11 is 0. The molecule has 0 aromatic heterocycles. The highest BCUT2D eigenvalue weighted by atomic mass is 16.1. The number of hydrogen-bond donors (Lipinski definition) is 0. The minimum atomic E-state index is 0.181. The lowest BCUT2D eigenvalue weighted by Crippen LogP contribution is -2.14. The molecule has 1 aliphatic rings. The molecule has 1 fully saturated rings. The van der Waals surface area contributed by atoms with E-state index in [4.69, 9.17) is 0 Å². The van der Waals surface area contributed by atoms with Gasteiger partial charge in [0.25, 0.3) is 0 Å². The molecule has 0 bridgehead atoms. The average molecular weight is 203 g/mol. The summed E-state index contributed by atoms with van der Waals surface area (Å²) in [4.78, 5) is 13.8. The van der Waals surface area contributed by atoms with E-state index in [2.05, 4.69) is 18.0 Å². The number of benzene rings is 1. The van der Waals surface area contributed by atoms with Crippen LogP contribution < -0.4 is 0 Å².